The van der Waals surface area contributed by atoms with Gasteiger partial charge in [0.15, 0.2) is 0 Å². The van der Waals surface area contributed by atoms with Gasteiger partial charge in [0.25, 0.3) is 0 Å². The average molecular weight is 1260 g/mol. The second-order valence-electron chi connectivity index (χ2n) is 25.5. The Morgan fingerprint density at radius 3 is 1.72 bits per heavy atom. The number of thiophene rings is 1. The minimum atomic E-state index is -0.797. The fraction of sp³-hybridized carbons (Fsp3) is 0.0455. The highest BCUT2D eigenvalue weighted by molar-refractivity contribution is 7.99. The second-order valence-corrected chi connectivity index (χ2v) is 28.0. The maximum atomic E-state index is 7.78. The van der Waals surface area contributed by atoms with Gasteiger partial charge in [0.1, 0.15) is 11.2 Å². The summed E-state index contributed by atoms with van der Waals surface area (Å²) in [5.74, 6) is 0. The SMILES string of the molecule is CC1(C)c2ccccc2-c2ccc(-c3ccccc3N(c3cccc4c3Sc3c(Cl)cccc3C43c4ccccc4-c4cc(N(c5ccccc5)c5cc(-c6ccccc6)c6sc7ccccc7c6c5)ccc43)c3ccc(-c4ccccc4)c4oc5ccccc5c34)cc21. The lowest BCUT2D eigenvalue weighted by atomic mass is 9.67. The summed E-state index contributed by atoms with van der Waals surface area (Å²) in [4.78, 5) is 7.17. The number of rotatable bonds is 9. The van der Waals surface area contributed by atoms with Gasteiger partial charge in [-0.3, -0.25) is 0 Å². The number of furan rings is 1. The molecule has 6 heteroatoms. The Morgan fingerprint density at radius 1 is 0.340 bits per heavy atom. The molecule has 16 aromatic rings. The number of nitrogens with zero attached hydrogens (tertiary/aromatic N) is 2. The lowest BCUT2D eigenvalue weighted by Crippen LogP contribution is -2.32. The van der Waals surface area contributed by atoms with Crippen LogP contribution in [0.5, 0.6) is 0 Å². The fourth-order valence-electron chi connectivity index (χ4n) is 16.1. The van der Waals surface area contributed by atoms with Gasteiger partial charge in [-0.2, -0.15) is 0 Å². The van der Waals surface area contributed by atoms with Gasteiger partial charge in [-0.25, -0.2) is 0 Å². The van der Waals surface area contributed by atoms with Crippen molar-refractivity contribution in [2.75, 3.05) is 9.80 Å². The molecular weight excluding hydrogens is 1200 g/mol. The maximum absolute atomic E-state index is 7.78. The molecule has 0 saturated heterocycles. The monoisotopic (exact) mass is 1260 g/mol. The largest absolute Gasteiger partial charge is 0.455 e. The van der Waals surface area contributed by atoms with Crippen molar-refractivity contribution in [2.45, 2.75) is 34.5 Å². The van der Waals surface area contributed by atoms with Gasteiger partial charge in [0.05, 0.1) is 32.9 Å². The van der Waals surface area contributed by atoms with Crippen molar-refractivity contribution in [1.29, 1.82) is 0 Å². The third-order valence-corrected chi connectivity index (χ3v) is 23.1. The molecule has 444 valence electrons. The molecule has 1 atom stereocenters. The van der Waals surface area contributed by atoms with E-state index in [1.54, 1.807) is 11.8 Å². The normalized spacial score (nSPS) is 14.6. The van der Waals surface area contributed by atoms with E-state index in [4.69, 9.17) is 16.0 Å². The van der Waals surface area contributed by atoms with Crippen molar-refractivity contribution in [1.82, 2.24) is 0 Å². The first-order chi connectivity index (χ1) is 46.3. The zero-order valence-corrected chi connectivity index (χ0v) is 53.8. The Kier molecular flexibility index (Phi) is 12.4. The van der Waals surface area contributed by atoms with E-state index in [1.807, 2.05) is 11.3 Å². The van der Waals surface area contributed by atoms with E-state index in [0.717, 1.165) is 93.1 Å². The van der Waals surface area contributed by atoms with Crippen LogP contribution in [0.2, 0.25) is 5.02 Å². The van der Waals surface area contributed by atoms with Crippen LogP contribution in [-0.2, 0) is 10.8 Å². The molecular formula is C88H57ClN2OS2. The van der Waals surface area contributed by atoms with Gasteiger partial charge in [-0.1, -0.05) is 262 Å². The minimum Gasteiger partial charge on any atom is -0.455 e. The third kappa shape index (κ3) is 8.05. The highest BCUT2D eigenvalue weighted by atomic mass is 35.5. The molecule has 1 aliphatic heterocycles. The first-order valence-electron chi connectivity index (χ1n) is 32.2. The minimum absolute atomic E-state index is 0.199. The number of hydrogen-bond acceptors (Lipinski definition) is 5. The fourth-order valence-corrected chi connectivity index (χ4v) is 18.9. The van der Waals surface area contributed by atoms with Crippen molar-refractivity contribution in [3.8, 4) is 55.6 Å². The molecule has 19 rings (SSSR count). The van der Waals surface area contributed by atoms with Crippen LogP contribution in [0.4, 0.5) is 34.1 Å². The molecule has 3 heterocycles. The Hall–Kier alpha value is -10.7. The summed E-state index contributed by atoms with van der Waals surface area (Å²) in [5, 5.41) is 5.31. The first-order valence-corrected chi connectivity index (χ1v) is 34.2. The zero-order chi connectivity index (χ0) is 62.4. The molecule has 2 aliphatic carbocycles. The number of para-hydroxylation sites is 3. The summed E-state index contributed by atoms with van der Waals surface area (Å²) in [6.07, 6.45) is 0. The van der Waals surface area contributed by atoms with Gasteiger partial charge < -0.3 is 14.2 Å². The van der Waals surface area contributed by atoms with E-state index in [9.17, 15) is 0 Å². The molecule has 3 nitrogen and oxygen atoms in total. The van der Waals surface area contributed by atoms with E-state index in [0.29, 0.717) is 0 Å². The molecule has 0 radical (unpaired) electrons. The van der Waals surface area contributed by atoms with Crippen LogP contribution in [0.1, 0.15) is 47.2 Å². The molecule has 0 saturated carbocycles. The van der Waals surface area contributed by atoms with E-state index < -0.39 is 5.41 Å². The van der Waals surface area contributed by atoms with Gasteiger partial charge in [-0.15, -0.1) is 11.3 Å². The predicted octanol–water partition coefficient (Wildman–Crippen LogP) is 25.7. The molecule has 1 unspecified atom stereocenters. The van der Waals surface area contributed by atoms with Gasteiger partial charge in [-0.05, 0) is 157 Å². The van der Waals surface area contributed by atoms with E-state index in [-0.39, 0.29) is 5.41 Å². The van der Waals surface area contributed by atoms with Crippen molar-refractivity contribution in [2.24, 2.45) is 0 Å². The summed E-state index contributed by atoms with van der Waals surface area (Å²) in [6, 6.07) is 114. The summed E-state index contributed by atoms with van der Waals surface area (Å²) in [6.45, 7) is 4.74. The first kappa shape index (κ1) is 55.0. The van der Waals surface area contributed by atoms with Gasteiger partial charge in [0, 0.05) is 74.5 Å². The number of fused-ring (bicyclic) bond motifs is 18. The van der Waals surface area contributed by atoms with Crippen LogP contribution in [-0.4, -0.2) is 0 Å². The lowest BCUT2D eigenvalue weighted by Gasteiger charge is -2.42. The van der Waals surface area contributed by atoms with Crippen molar-refractivity contribution < 1.29 is 4.42 Å². The van der Waals surface area contributed by atoms with Crippen LogP contribution < -0.4 is 9.80 Å². The standard InChI is InChI=1S/C88H57ClN2OS2/c1-87(2)70-35-17-12-31-62(70)64-46-44-56(50-75(64)87)60-30-14-19-40-77(60)91(78-49-47-61(54-24-6-3-7-25-54)83-82(78)66-34-15-20-42-80(66)92-83)79-41-23-38-74-86(79)94-85-73(37-22-39-76(85)89)88(74)71-36-18-13-32-63(71)68-51-58(45-48-72(68)88)90(57-28-10-5-11-29-57)59-52-67(55-26-8-4-9-27-55)84-69(53-59)65-33-16-21-43-81(65)93-84/h3-53H,1-2H3. The van der Waals surface area contributed by atoms with Crippen molar-refractivity contribution >= 4 is 111 Å². The lowest BCUT2D eigenvalue weighted by molar-refractivity contribution is 0.660. The Balaban J connectivity index is 0.865. The zero-order valence-electron chi connectivity index (χ0n) is 51.4. The van der Waals surface area contributed by atoms with Crippen molar-refractivity contribution in [3.05, 3.63) is 348 Å². The number of anilines is 6. The summed E-state index contributed by atoms with van der Waals surface area (Å²) >= 11 is 11.4. The van der Waals surface area contributed by atoms with Crippen LogP contribution in [0.3, 0.4) is 0 Å². The van der Waals surface area contributed by atoms with Gasteiger partial charge >= 0.3 is 0 Å². The molecule has 0 N–H and O–H groups in total. The van der Waals surface area contributed by atoms with E-state index in [2.05, 4.69) is 333 Å². The molecule has 3 aliphatic rings. The number of benzene rings is 14. The second kappa shape index (κ2) is 21.2. The molecule has 0 fully saturated rings. The molecule has 0 bridgehead atoms. The summed E-state index contributed by atoms with van der Waals surface area (Å²) < 4.78 is 9.70. The molecule has 2 aromatic heterocycles. The average Bonchev–Trinajstić information content (AvgIpc) is 1.49. The van der Waals surface area contributed by atoms with Gasteiger partial charge in [0.2, 0.25) is 0 Å². The highest BCUT2D eigenvalue weighted by Crippen LogP contribution is 2.66. The van der Waals surface area contributed by atoms with Crippen LogP contribution in [0.15, 0.2) is 324 Å². The quantitative estimate of drug-likeness (QED) is 0.143. The van der Waals surface area contributed by atoms with Crippen molar-refractivity contribution in [3.63, 3.8) is 0 Å². The maximum Gasteiger partial charge on any atom is 0.145 e. The molecule has 1 spiro atoms. The van der Waals surface area contributed by atoms with Crippen LogP contribution >= 0.6 is 34.7 Å². The predicted molar refractivity (Wildman–Crippen MR) is 396 cm³/mol. The molecule has 14 aromatic carbocycles. The Bertz CT molecular complexity index is 5790. The highest BCUT2D eigenvalue weighted by Gasteiger charge is 2.52. The number of halogens is 1. The molecule has 94 heavy (non-hydrogen) atoms. The third-order valence-electron chi connectivity index (χ3n) is 20.2. The smallest absolute Gasteiger partial charge is 0.145 e. The van der Waals surface area contributed by atoms with Crippen LogP contribution in [0, 0.1) is 0 Å². The topological polar surface area (TPSA) is 19.6 Å². The van der Waals surface area contributed by atoms with E-state index >= 15 is 0 Å². The molecule has 0 amide bonds. The number of hydrogen-bond donors (Lipinski definition) is 0. The Labute approximate surface area is 559 Å². The summed E-state index contributed by atoms with van der Waals surface area (Å²) in [5.41, 5.74) is 26.2. The van der Waals surface area contributed by atoms with E-state index in [1.165, 1.54) is 86.9 Å². The summed E-state index contributed by atoms with van der Waals surface area (Å²) in [7, 11) is 0. The Morgan fingerprint density at radius 2 is 0.926 bits per heavy atom. The van der Waals surface area contributed by atoms with Crippen LogP contribution in [0.25, 0.3) is 97.7 Å².